The highest BCUT2D eigenvalue weighted by molar-refractivity contribution is 7.92. The van der Waals surface area contributed by atoms with Crippen molar-refractivity contribution in [1.29, 1.82) is 0 Å². The molecule has 0 atom stereocenters. The third-order valence-electron chi connectivity index (χ3n) is 4.36. The molecule has 2 aromatic rings. The number of sulfonamides is 1. The van der Waals surface area contributed by atoms with E-state index in [1.165, 1.54) is 31.4 Å². The maximum absolute atomic E-state index is 12.7. The molecule has 0 saturated carbocycles. The lowest BCUT2D eigenvalue weighted by Gasteiger charge is -2.15. The van der Waals surface area contributed by atoms with Gasteiger partial charge >= 0.3 is 5.97 Å². The smallest absolute Gasteiger partial charge is 0.337 e. The summed E-state index contributed by atoms with van der Waals surface area (Å²) < 4.78 is 32.6. The van der Waals surface area contributed by atoms with Gasteiger partial charge in [0.25, 0.3) is 10.0 Å². The monoisotopic (exact) mass is 357 g/mol. The Labute approximate surface area is 147 Å². The first-order valence-electron chi connectivity index (χ1n) is 7.84. The molecule has 0 aliphatic heterocycles. The first kappa shape index (κ1) is 17.2. The molecule has 25 heavy (non-hydrogen) atoms. The number of allylic oxidation sites excluding steroid dienone is 2. The molecular weight excluding hydrogens is 338 g/mol. The fraction of sp³-hybridized carbons (Fsp3) is 0.211. The SMILES string of the molecule is COC(=O)c1ccc(S(=O)(=O)Nc2ccc(C)c3c2CC=C3C)cc1. The molecule has 5 nitrogen and oxygen atoms in total. The Balaban J connectivity index is 1.92. The van der Waals surface area contributed by atoms with Crippen molar-refractivity contribution >= 4 is 27.3 Å². The number of esters is 1. The molecule has 1 aliphatic rings. The van der Waals surface area contributed by atoms with Crippen molar-refractivity contribution in [2.75, 3.05) is 11.8 Å². The molecule has 0 heterocycles. The summed E-state index contributed by atoms with van der Waals surface area (Å²) in [6.07, 6.45) is 2.81. The second-order valence-electron chi connectivity index (χ2n) is 6.00. The number of nitrogens with one attached hydrogen (secondary N) is 1. The number of anilines is 1. The lowest BCUT2D eigenvalue weighted by Crippen LogP contribution is -2.15. The Hall–Kier alpha value is -2.60. The molecule has 0 bridgehead atoms. The molecule has 1 N–H and O–H groups in total. The summed E-state index contributed by atoms with van der Waals surface area (Å²) in [7, 11) is -2.46. The first-order valence-corrected chi connectivity index (χ1v) is 9.32. The molecule has 3 rings (SSSR count). The number of methoxy groups -OCH3 is 1. The van der Waals surface area contributed by atoms with Gasteiger partial charge in [-0.15, -0.1) is 0 Å². The molecule has 130 valence electrons. The van der Waals surface area contributed by atoms with Gasteiger partial charge in [-0.3, -0.25) is 4.72 Å². The van der Waals surface area contributed by atoms with E-state index in [0.29, 0.717) is 17.7 Å². The van der Waals surface area contributed by atoms with Crippen LogP contribution in [-0.4, -0.2) is 21.5 Å². The van der Waals surface area contributed by atoms with Gasteiger partial charge in [0.15, 0.2) is 0 Å². The minimum atomic E-state index is -3.74. The van der Waals surface area contributed by atoms with Crippen LogP contribution in [-0.2, 0) is 21.2 Å². The molecule has 0 aromatic heterocycles. The van der Waals surface area contributed by atoms with Crippen molar-refractivity contribution < 1.29 is 17.9 Å². The van der Waals surface area contributed by atoms with E-state index in [9.17, 15) is 13.2 Å². The predicted octanol–water partition coefficient (Wildman–Crippen LogP) is 3.54. The van der Waals surface area contributed by atoms with Crippen LogP contribution in [0.5, 0.6) is 0 Å². The van der Waals surface area contributed by atoms with Crippen molar-refractivity contribution in [2.45, 2.75) is 25.2 Å². The lowest BCUT2D eigenvalue weighted by atomic mass is 9.99. The van der Waals surface area contributed by atoms with Gasteiger partial charge in [-0.25, -0.2) is 13.2 Å². The number of fused-ring (bicyclic) bond motifs is 1. The van der Waals surface area contributed by atoms with Gasteiger partial charge in [-0.2, -0.15) is 0 Å². The zero-order valence-corrected chi connectivity index (χ0v) is 15.1. The van der Waals surface area contributed by atoms with Crippen molar-refractivity contribution in [2.24, 2.45) is 0 Å². The number of carbonyl (C=O) groups excluding carboxylic acids is 1. The number of rotatable bonds is 4. The number of benzene rings is 2. The standard InChI is InChI=1S/C19H19NO4S/c1-12-4-10-16-17(11-5-13(2)18(12)16)20-25(22,23)15-8-6-14(7-9-15)19(21)24-3/h4-9,11,20H,10H2,1-3H3. The second kappa shape index (κ2) is 6.37. The number of carbonyl (C=O) groups is 1. The molecule has 1 aliphatic carbocycles. The Morgan fingerprint density at radius 3 is 2.40 bits per heavy atom. The molecular formula is C19H19NO4S. The van der Waals surface area contributed by atoms with Crippen molar-refractivity contribution in [1.82, 2.24) is 0 Å². The highest BCUT2D eigenvalue weighted by Gasteiger charge is 2.21. The second-order valence-corrected chi connectivity index (χ2v) is 7.68. The summed E-state index contributed by atoms with van der Waals surface area (Å²) in [4.78, 5) is 11.6. The summed E-state index contributed by atoms with van der Waals surface area (Å²) in [6, 6.07) is 9.37. The number of hydrogen-bond donors (Lipinski definition) is 1. The van der Waals surface area contributed by atoms with Crippen LogP contribution in [0.1, 0.15) is 34.0 Å². The number of ether oxygens (including phenoxy) is 1. The molecule has 0 unspecified atom stereocenters. The zero-order valence-electron chi connectivity index (χ0n) is 14.3. The van der Waals surface area contributed by atoms with Gasteiger partial charge in [-0.05, 0) is 72.9 Å². The minimum Gasteiger partial charge on any atom is -0.465 e. The topological polar surface area (TPSA) is 72.5 Å². The predicted molar refractivity (Wildman–Crippen MR) is 97.1 cm³/mol. The lowest BCUT2D eigenvalue weighted by molar-refractivity contribution is 0.0600. The van der Waals surface area contributed by atoms with E-state index in [0.717, 1.165) is 22.3 Å². The van der Waals surface area contributed by atoms with E-state index in [4.69, 9.17) is 0 Å². The fourth-order valence-electron chi connectivity index (χ4n) is 3.07. The third kappa shape index (κ3) is 3.17. The molecule has 0 radical (unpaired) electrons. The van der Waals surface area contributed by atoms with Gasteiger partial charge in [0.05, 0.1) is 23.3 Å². The summed E-state index contributed by atoms with van der Waals surface area (Å²) in [6.45, 7) is 4.05. The van der Waals surface area contributed by atoms with Gasteiger partial charge in [-0.1, -0.05) is 12.1 Å². The average molecular weight is 357 g/mol. The van der Waals surface area contributed by atoms with Crippen LogP contribution >= 0.6 is 0 Å². The minimum absolute atomic E-state index is 0.0946. The van der Waals surface area contributed by atoms with E-state index >= 15 is 0 Å². The Morgan fingerprint density at radius 2 is 1.76 bits per heavy atom. The number of aryl methyl sites for hydroxylation is 1. The van der Waals surface area contributed by atoms with E-state index in [2.05, 4.69) is 15.5 Å². The largest absolute Gasteiger partial charge is 0.465 e. The maximum atomic E-state index is 12.7. The molecule has 0 saturated heterocycles. The molecule has 0 spiro atoms. The van der Waals surface area contributed by atoms with Crippen LogP contribution in [0.4, 0.5) is 5.69 Å². The summed E-state index contributed by atoms with van der Waals surface area (Å²) in [5.74, 6) is -0.505. The molecule has 2 aromatic carbocycles. The Kier molecular flexibility index (Phi) is 4.39. The molecule has 0 amide bonds. The summed E-state index contributed by atoms with van der Waals surface area (Å²) in [5.41, 5.74) is 5.29. The fourth-order valence-corrected chi connectivity index (χ4v) is 4.16. The van der Waals surface area contributed by atoms with Gasteiger partial charge in [0, 0.05) is 0 Å². The Bertz CT molecular complexity index is 973. The van der Waals surface area contributed by atoms with E-state index in [1.807, 2.05) is 19.9 Å². The summed E-state index contributed by atoms with van der Waals surface area (Å²) >= 11 is 0. The van der Waals surface area contributed by atoms with E-state index in [-0.39, 0.29) is 4.90 Å². The van der Waals surface area contributed by atoms with Crippen molar-refractivity contribution in [3.05, 3.63) is 64.7 Å². The van der Waals surface area contributed by atoms with Crippen LogP contribution < -0.4 is 4.72 Å². The van der Waals surface area contributed by atoms with Crippen LogP contribution in [0.15, 0.2) is 47.4 Å². The Morgan fingerprint density at radius 1 is 1.08 bits per heavy atom. The third-order valence-corrected chi connectivity index (χ3v) is 5.74. The summed E-state index contributed by atoms with van der Waals surface area (Å²) in [5, 5.41) is 0. The maximum Gasteiger partial charge on any atom is 0.337 e. The van der Waals surface area contributed by atoms with Crippen LogP contribution in [0.3, 0.4) is 0 Å². The molecule has 0 fully saturated rings. The highest BCUT2D eigenvalue weighted by Crippen LogP contribution is 2.35. The normalized spacial score (nSPS) is 13.2. The van der Waals surface area contributed by atoms with Gasteiger partial charge < -0.3 is 4.74 Å². The highest BCUT2D eigenvalue weighted by atomic mass is 32.2. The van der Waals surface area contributed by atoms with E-state index < -0.39 is 16.0 Å². The average Bonchev–Trinajstić information content (AvgIpc) is 3.00. The van der Waals surface area contributed by atoms with Crippen molar-refractivity contribution in [3.8, 4) is 0 Å². The van der Waals surface area contributed by atoms with Crippen LogP contribution in [0.2, 0.25) is 0 Å². The number of hydrogen-bond acceptors (Lipinski definition) is 4. The molecule has 6 heteroatoms. The quantitative estimate of drug-likeness (QED) is 0.850. The van der Waals surface area contributed by atoms with Crippen LogP contribution in [0, 0.1) is 6.92 Å². The van der Waals surface area contributed by atoms with Crippen LogP contribution in [0.25, 0.3) is 5.57 Å². The van der Waals surface area contributed by atoms with Gasteiger partial charge in [0.2, 0.25) is 0 Å². The van der Waals surface area contributed by atoms with Crippen molar-refractivity contribution in [3.63, 3.8) is 0 Å². The first-order chi connectivity index (χ1) is 11.8. The van der Waals surface area contributed by atoms with Gasteiger partial charge in [0.1, 0.15) is 0 Å². The zero-order chi connectivity index (χ0) is 18.2. The van der Waals surface area contributed by atoms with E-state index in [1.54, 1.807) is 6.07 Å².